The van der Waals surface area contributed by atoms with Crippen molar-refractivity contribution in [2.75, 3.05) is 24.5 Å². The molecule has 2 atom stereocenters. The molecular weight excluding hydrogens is 498 g/mol. The third-order valence-corrected chi connectivity index (χ3v) is 6.82. The van der Waals surface area contributed by atoms with Crippen LogP contribution in [-0.4, -0.2) is 39.7 Å². The summed E-state index contributed by atoms with van der Waals surface area (Å²) in [4.78, 5) is 45.5. The highest BCUT2D eigenvalue weighted by Crippen LogP contribution is 2.36. The molecule has 9 nitrogen and oxygen atoms in total. The molecule has 2 fully saturated rings. The van der Waals surface area contributed by atoms with Gasteiger partial charge in [-0.1, -0.05) is 29.3 Å². The van der Waals surface area contributed by atoms with Crippen LogP contribution in [0.5, 0.6) is 0 Å². The number of fused-ring (bicyclic) bond motifs is 1. The van der Waals surface area contributed by atoms with Crippen LogP contribution in [0.1, 0.15) is 0 Å². The molecule has 2 aromatic heterocycles. The van der Waals surface area contributed by atoms with Gasteiger partial charge in [-0.05, 0) is 23.8 Å². The van der Waals surface area contributed by atoms with Gasteiger partial charge in [0.25, 0.3) is 5.56 Å². The number of hydrogen-bond donors (Lipinski definition) is 1. The van der Waals surface area contributed by atoms with Crippen molar-refractivity contribution in [3.63, 3.8) is 0 Å². The molecule has 3 aromatic rings. The Morgan fingerprint density at radius 2 is 1.97 bits per heavy atom. The average molecular weight is 515 g/mol. The molecule has 2 aliphatic rings. The second-order valence-corrected chi connectivity index (χ2v) is 9.22. The summed E-state index contributed by atoms with van der Waals surface area (Å²) >= 11 is 12.1. The van der Waals surface area contributed by atoms with Crippen molar-refractivity contribution in [2.45, 2.75) is 6.54 Å². The largest absolute Gasteiger partial charge is 0.356 e. The number of amides is 1. The summed E-state index contributed by atoms with van der Waals surface area (Å²) in [6.07, 6.45) is 2.66. The van der Waals surface area contributed by atoms with Gasteiger partial charge in [0, 0.05) is 31.7 Å². The molecule has 2 unspecified atom stereocenters. The van der Waals surface area contributed by atoms with E-state index in [0.29, 0.717) is 13.1 Å². The van der Waals surface area contributed by atoms with Crippen LogP contribution in [0.3, 0.4) is 0 Å². The SMILES string of the molecule is N#CCn1c(N2CC3CNC(=O)C3C2)c(-c2ccc(F)c(Cl)c2)c(=O)n(-c2cncc(Cl)c2)c1=O. The smallest absolute Gasteiger partial charge is 0.338 e. The molecule has 35 heavy (non-hydrogen) atoms. The van der Waals surface area contributed by atoms with Gasteiger partial charge in [0.2, 0.25) is 5.91 Å². The molecule has 0 saturated carbocycles. The number of nitriles is 1. The summed E-state index contributed by atoms with van der Waals surface area (Å²) in [5.74, 6) is -0.926. The predicted molar refractivity (Wildman–Crippen MR) is 127 cm³/mol. The number of hydrogen-bond acceptors (Lipinski definition) is 6. The van der Waals surface area contributed by atoms with Gasteiger partial charge in [0.1, 0.15) is 18.2 Å². The molecular formula is C23H17Cl2FN6O3. The summed E-state index contributed by atoms with van der Waals surface area (Å²) in [5.41, 5.74) is -1.07. The van der Waals surface area contributed by atoms with Gasteiger partial charge >= 0.3 is 5.69 Å². The minimum Gasteiger partial charge on any atom is -0.356 e. The molecule has 12 heteroatoms. The molecule has 1 aromatic carbocycles. The molecule has 1 amide bonds. The van der Waals surface area contributed by atoms with Crippen molar-refractivity contribution in [3.05, 3.63) is 73.4 Å². The molecule has 1 N–H and O–H groups in total. The van der Waals surface area contributed by atoms with E-state index >= 15 is 0 Å². The van der Waals surface area contributed by atoms with Crippen LogP contribution in [0, 0.1) is 29.0 Å². The lowest BCUT2D eigenvalue weighted by atomic mass is 10.0. The number of carbonyl (C=O) groups excluding carboxylic acids is 1. The maximum Gasteiger partial charge on any atom is 0.338 e. The van der Waals surface area contributed by atoms with Gasteiger partial charge in [-0.2, -0.15) is 5.26 Å². The first-order valence-electron chi connectivity index (χ1n) is 10.7. The fraction of sp³-hybridized carbons (Fsp3) is 0.261. The zero-order chi connectivity index (χ0) is 24.9. The molecule has 0 aliphatic carbocycles. The van der Waals surface area contributed by atoms with E-state index in [2.05, 4.69) is 10.3 Å². The topological polar surface area (TPSA) is 113 Å². The highest BCUT2D eigenvalue weighted by Gasteiger charge is 2.44. The Bertz CT molecular complexity index is 1530. The summed E-state index contributed by atoms with van der Waals surface area (Å²) in [6.45, 7) is 0.748. The second kappa shape index (κ2) is 8.83. The predicted octanol–water partition coefficient (Wildman–Crippen LogP) is 2.21. The Balaban J connectivity index is 1.84. The van der Waals surface area contributed by atoms with Crippen LogP contribution in [0.2, 0.25) is 10.0 Å². The number of halogens is 3. The van der Waals surface area contributed by atoms with Crippen LogP contribution in [0.15, 0.2) is 46.2 Å². The van der Waals surface area contributed by atoms with Crippen LogP contribution in [0.25, 0.3) is 16.8 Å². The van der Waals surface area contributed by atoms with Gasteiger partial charge < -0.3 is 10.2 Å². The lowest BCUT2D eigenvalue weighted by Gasteiger charge is -2.26. The van der Waals surface area contributed by atoms with Gasteiger partial charge in [-0.25, -0.2) is 13.8 Å². The average Bonchev–Trinajstić information content (AvgIpc) is 3.39. The van der Waals surface area contributed by atoms with Crippen molar-refractivity contribution >= 4 is 34.9 Å². The number of aromatic nitrogens is 3. The third-order valence-electron chi connectivity index (χ3n) is 6.32. The first-order valence-corrected chi connectivity index (χ1v) is 11.4. The van der Waals surface area contributed by atoms with E-state index in [9.17, 15) is 24.0 Å². The first-order chi connectivity index (χ1) is 16.8. The standard InChI is InChI=1S/C23H17Cl2FN6O3/c24-14-6-15(9-28-8-14)32-22(34)19(12-1-2-18(26)17(25)5-12)21(31(4-3-27)23(32)35)30-10-13-7-29-20(33)16(13)11-30/h1-2,5-6,8-9,13,16H,4,7,10-11H2,(H,29,33). The van der Waals surface area contributed by atoms with Crippen molar-refractivity contribution in [3.8, 4) is 22.9 Å². The van der Waals surface area contributed by atoms with Gasteiger partial charge in [0.05, 0.1) is 39.5 Å². The maximum absolute atomic E-state index is 14.0. The highest BCUT2D eigenvalue weighted by atomic mass is 35.5. The van der Waals surface area contributed by atoms with Crippen molar-refractivity contribution in [2.24, 2.45) is 11.8 Å². The van der Waals surface area contributed by atoms with Gasteiger partial charge in [-0.3, -0.25) is 19.1 Å². The van der Waals surface area contributed by atoms with E-state index in [1.807, 2.05) is 6.07 Å². The third kappa shape index (κ3) is 3.87. The second-order valence-electron chi connectivity index (χ2n) is 8.37. The normalized spacial score (nSPS) is 18.9. The Labute approximate surface area is 207 Å². The highest BCUT2D eigenvalue weighted by molar-refractivity contribution is 6.31. The van der Waals surface area contributed by atoms with E-state index in [4.69, 9.17) is 23.2 Å². The van der Waals surface area contributed by atoms with E-state index in [1.165, 1.54) is 35.2 Å². The maximum atomic E-state index is 14.0. The number of carbonyl (C=O) groups is 1. The van der Waals surface area contributed by atoms with Crippen molar-refractivity contribution in [1.29, 1.82) is 5.26 Å². The van der Waals surface area contributed by atoms with E-state index < -0.39 is 17.1 Å². The Hall–Kier alpha value is -3.68. The number of pyridine rings is 1. The van der Waals surface area contributed by atoms with Crippen LogP contribution >= 0.6 is 23.2 Å². The minimum absolute atomic E-state index is 0.0163. The fourth-order valence-corrected chi connectivity index (χ4v) is 5.10. The summed E-state index contributed by atoms with van der Waals surface area (Å²) in [5, 5.41) is 12.4. The fourth-order valence-electron chi connectivity index (χ4n) is 4.75. The minimum atomic E-state index is -0.769. The lowest BCUT2D eigenvalue weighted by Crippen LogP contribution is -2.43. The number of nitrogens with one attached hydrogen (secondary N) is 1. The van der Waals surface area contributed by atoms with E-state index in [1.54, 1.807) is 4.90 Å². The van der Waals surface area contributed by atoms with Crippen LogP contribution < -0.4 is 21.5 Å². The summed E-state index contributed by atoms with van der Waals surface area (Å²) in [6, 6.07) is 7.17. The first kappa shape index (κ1) is 23.1. The Morgan fingerprint density at radius 1 is 1.17 bits per heavy atom. The molecule has 178 valence electrons. The van der Waals surface area contributed by atoms with Gasteiger partial charge in [-0.15, -0.1) is 0 Å². The molecule has 0 spiro atoms. The molecule has 0 bridgehead atoms. The lowest BCUT2D eigenvalue weighted by molar-refractivity contribution is -0.122. The van der Waals surface area contributed by atoms with Crippen LogP contribution in [-0.2, 0) is 11.3 Å². The molecule has 0 radical (unpaired) electrons. The number of benzene rings is 1. The summed E-state index contributed by atoms with van der Waals surface area (Å²) in [7, 11) is 0. The van der Waals surface area contributed by atoms with E-state index in [0.717, 1.165) is 10.6 Å². The molecule has 5 rings (SSSR count). The quantitative estimate of drug-likeness (QED) is 0.571. The molecule has 2 aliphatic heterocycles. The van der Waals surface area contributed by atoms with Gasteiger partial charge in [0.15, 0.2) is 0 Å². The van der Waals surface area contributed by atoms with Crippen molar-refractivity contribution < 1.29 is 9.18 Å². The van der Waals surface area contributed by atoms with Crippen LogP contribution in [0.4, 0.5) is 10.2 Å². The Morgan fingerprint density at radius 3 is 2.66 bits per heavy atom. The zero-order valence-corrected chi connectivity index (χ0v) is 19.6. The zero-order valence-electron chi connectivity index (χ0n) is 18.0. The van der Waals surface area contributed by atoms with E-state index in [-0.39, 0.29) is 63.5 Å². The summed E-state index contributed by atoms with van der Waals surface area (Å²) < 4.78 is 16.0. The molecule has 2 saturated heterocycles. The number of anilines is 1. The van der Waals surface area contributed by atoms with Crippen molar-refractivity contribution in [1.82, 2.24) is 19.4 Å². The number of rotatable bonds is 4. The Kier molecular flexibility index (Phi) is 5.83. The molecule has 4 heterocycles. The monoisotopic (exact) mass is 514 g/mol. The number of nitrogens with zero attached hydrogens (tertiary/aromatic N) is 5.